The molecule has 0 unspecified atom stereocenters. The lowest BCUT2D eigenvalue weighted by molar-refractivity contribution is -0.176. The molecule has 3 aromatic carbocycles. The number of ether oxygens (including phenoxy) is 3. The molecule has 0 saturated carbocycles. The average molecular weight is 553 g/mol. The highest BCUT2D eigenvalue weighted by Crippen LogP contribution is 2.27. The summed E-state index contributed by atoms with van der Waals surface area (Å²) in [4.78, 5) is 38.2. The fourth-order valence-electron chi connectivity index (χ4n) is 3.64. The predicted octanol–water partition coefficient (Wildman–Crippen LogP) is 3.02. The summed E-state index contributed by atoms with van der Waals surface area (Å²) in [5.41, 5.74) is 1.81. The third-order valence-corrected chi connectivity index (χ3v) is 5.80. The molecule has 210 valence electrons. The molecule has 11 heteroatoms. The Morgan fingerprint density at radius 3 is 1.73 bits per heavy atom. The third kappa shape index (κ3) is 7.90. The van der Waals surface area contributed by atoms with Gasteiger partial charge in [0.25, 0.3) is 0 Å². The summed E-state index contributed by atoms with van der Waals surface area (Å²) in [6, 6.07) is 12.2. The SMILES string of the molecule is COC(=O)[C@H](Cc1ccc(O)c(O)c1)OC(=O)[C@@H](Cc1ccc(O)c(O)c1)OC(=O)C=Cc1ccc(O)c(C)c1. The summed E-state index contributed by atoms with van der Waals surface area (Å²) in [6.07, 6.45) is -1.10. The summed E-state index contributed by atoms with van der Waals surface area (Å²) in [5.74, 6) is -4.54. The molecule has 0 heterocycles. The van der Waals surface area contributed by atoms with E-state index in [2.05, 4.69) is 0 Å². The number of hydrogen-bond donors (Lipinski definition) is 5. The van der Waals surface area contributed by atoms with Gasteiger partial charge in [-0.3, -0.25) is 0 Å². The monoisotopic (exact) mass is 552 g/mol. The van der Waals surface area contributed by atoms with Gasteiger partial charge >= 0.3 is 17.9 Å². The molecule has 3 aromatic rings. The number of phenols is 5. The maximum atomic E-state index is 13.2. The van der Waals surface area contributed by atoms with E-state index in [1.54, 1.807) is 19.1 Å². The molecule has 0 aliphatic heterocycles. The molecule has 11 nitrogen and oxygen atoms in total. The van der Waals surface area contributed by atoms with E-state index in [4.69, 9.17) is 14.2 Å². The number of esters is 3. The van der Waals surface area contributed by atoms with Gasteiger partial charge in [0.15, 0.2) is 23.0 Å². The van der Waals surface area contributed by atoms with E-state index in [1.807, 2.05) is 0 Å². The van der Waals surface area contributed by atoms with Crippen LogP contribution in [0.25, 0.3) is 6.08 Å². The van der Waals surface area contributed by atoms with Gasteiger partial charge in [0.1, 0.15) is 5.75 Å². The Balaban J connectivity index is 1.83. The minimum Gasteiger partial charge on any atom is -0.508 e. The molecule has 0 aliphatic carbocycles. The second-order valence-corrected chi connectivity index (χ2v) is 8.81. The van der Waals surface area contributed by atoms with Gasteiger partial charge in [0, 0.05) is 18.9 Å². The Morgan fingerprint density at radius 1 is 0.700 bits per heavy atom. The molecule has 0 fully saturated rings. The standard InChI is InChI=1S/C29H28O11/c1-16-11-17(3-7-20(16)30)6-10-27(35)39-26(15-19-5-9-22(32)24(34)13-19)29(37)40-25(28(36)38-2)14-18-4-8-21(31)23(33)12-18/h3-13,25-26,30-34H,14-15H2,1-2H3/t25-,26+/m0/s1. The maximum absolute atomic E-state index is 13.2. The van der Waals surface area contributed by atoms with Gasteiger partial charge in [0.05, 0.1) is 7.11 Å². The van der Waals surface area contributed by atoms with E-state index in [9.17, 15) is 39.9 Å². The van der Waals surface area contributed by atoms with E-state index in [0.29, 0.717) is 22.3 Å². The number of phenolic OH excluding ortho intramolecular Hbond substituents is 5. The molecule has 0 aliphatic rings. The Morgan fingerprint density at radius 2 is 1.23 bits per heavy atom. The van der Waals surface area contributed by atoms with Crippen LogP contribution in [0.1, 0.15) is 22.3 Å². The van der Waals surface area contributed by atoms with Crippen LogP contribution < -0.4 is 0 Å². The number of benzene rings is 3. The van der Waals surface area contributed by atoms with Gasteiger partial charge < -0.3 is 39.7 Å². The molecular formula is C29H28O11. The number of aryl methyl sites for hydroxylation is 1. The second kappa shape index (κ2) is 13.1. The molecule has 0 spiro atoms. The molecule has 5 N–H and O–H groups in total. The van der Waals surface area contributed by atoms with Gasteiger partial charge in [-0.15, -0.1) is 0 Å². The molecular weight excluding hydrogens is 524 g/mol. The number of carbonyl (C=O) groups is 3. The molecule has 3 rings (SSSR count). The van der Waals surface area contributed by atoms with Crippen molar-refractivity contribution in [2.45, 2.75) is 32.0 Å². The number of carbonyl (C=O) groups excluding carboxylic acids is 3. The van der Waals surface area contributed by atoms with Crippen molar-refractivity contribution in [3.8, 4) is 28.7 Å². The van der Waals surface area contributed by atoms with Crippen molar-refractivity contribution in [1.29, 1.82) is 0 Å². The van der Waals surface area contributed by atoms with Crippen molar-refractivity contribution >= 4 is 24.0 Å². The Labute approximate surface area is 229 Å². The second-order valence-electron chi connectivity index (χ2n) is 8.81. The van der Waals surface area contributed by atoms with Gasteiger partial charge in [-0.1, -0.05) is 18.2 Å². The molecule has 0 bridgehead atoms. The quantitative estimate of drug-likeness (QED) is 0.108. The zero-order chi connectivity index (χ0) is 29.4. The average Bonchev–Trinajstić information content (AvgIpc) is 2.92. The summed E-state index contributed by atoms with van der Waals surface area (Å²) < 4.78 is 15.4. The van der Waals surface area contributed by atoms with Crippen LogP contribution in [-0.2, 0) is 41.4 Å². The first-order chi connectivity index (χ1) is 19.0. The first-order valence-electron chi connectivity index (χ1n) is 11.9. The summed E-state index contributed by atoms with van der Waals surface area (Å²) in [5, 5.41) is 48.4. The summed E-state index contributed by atoms with van der Waals surface area (Å²) >= 11 is 0. The lowest BCUT2D eigenvalue weighted by Gasteiger charge is -2.21. The molecule has 2 atom stereocenters. The molecule has 0 saturated heterocycles. The normalized spacial score (nSPS) is 12.4. The number of rotatable bonds is 10. The maximum Gasteiger partial charge on any atom is 0.348 e. The van der Waals surface area contributed by atoms with Crippen molar-refractivity contribution in [2.75, 3.05) is 7.11 Å². The Hall–Kier alpha value is -5.19. The highest BCUT2D eigenvalue weighted by molar-refractivity contribution is 5.90. The lowest BCUT2D eigenvalue weighted by atomic mass is 10.1. The van der Waals surface area contributed by atoms with E-state index in [1.165, 1.54) is 48.5 Å². The van der Waals surface area contributed by atoms with Crippen molar-refractivity contribution in [3.63, 3.8) is 0 Å². The van der Waals surface area contributed by atoms with E-state index < -0.39 is 47.4 Å². The van der Waals surface area contributed by atoms with Crippen LogP contribution in [0, 0.1) is 6.92 Å². The number of hydrogen-bond acceptors (Lipinski definition) is 11. The van der Waals surface area contributed by atoms with Crippen LogP contribution >= 0.6 is 0 Å². The van der Waals surface area contributed by atoms with E-state index >= 15 is 0 Å². The molecule has 40 heavy (non-hydrogen) atoms. The first kappa shape index (κ1) is 29.4. The van der Waals surface area contributed by atoms with Crippen molar-refractivity contribution in [2.24, 2.45) is 0 Å². The van der Waals surface area contributed by atoms with Crippen LogP contribution in [0.3, 0.4) is 0 Å². The summed E-state index contributed by atoms with van der Waals surface area (Å²) in [6.45, 7) is 1.68. The van der Waals surface area contributed by atoms with Crippen molar-refractivity contribution < 1.29 is 54.1 Å². The highest BCUT2D eigenvalue weighted by Gasteiger charge is 2.31. The Bertz CT molecular complexity index is 1430. The minimum atomic E-state index is -1.58. The highest BCUT2D eigenvalue weighted by atomic mass is 16.6. The van der Waals surface area contributed by atoms with Crippen LogP contribution in [0.4, 0.5) is 0 Å². The topological polar surface area (TPSA) is 180 Å². The van der Waals surface area contributed by atoms with Gasteiger partial charge in [-0.2, -0.15) is 0 Å². The van der Waals surface area contributed by atoms with Crippen LogP contribution in [0.5, 0.6) is 28.7 Å². The molecule has 0 aromatic heterocycles. The summed E-state index contributed by atoms with van der Waals surface area (Å²) in [7, 11) is 1.09. The zero-order valence-electron chi connectivity index (χ0n) is 21.6. The smallest absolute Gasteiger partial charge is 0.348 e. The van der Waals surface area contributed by atoms with Crippen molar-refractivity contribution in [3.05, 3.63) is 82.9 Å². The largest absolute Gasteiger partial charge is 0.508 e. The molecule has 0 amide bonds. The fraction of sp³-hybridized carbons (Fsp3) is 0.207. The number of aromatic hydroxyl groups is 5. The molecule has 0 radical (unpaired) electrons. The van der Waals surface area contributed by atoms with Crippen molar-refractivity contribution in [1.82, 2.24) is 0 Å². The minimum absolute atomic E-state index is 0.0855. The first-order valence-corrected chi connectivity index (χ1v) is 11.9. The van der Waals surface area contributed by atoms with E-state index in [-0.39, 0.29) is 24.3 Å². The predicted molar refractivity (Wildman–Crippen MR) is 141 cm³/mol. The van der Waals surface area contributed by atoms with Crippen LogP contribution in [0.15, 0.2) is 60.7 Å². The lowest BCUT2D eigenvalue weighted by Crippen LogP contribution is -2.38. The van der Waals surface area contributed by atoms with Crippen LogP contribution in [0.2, 0.25) is 0 Å². The van der Waals surface area contributed by atoms with Gasteiger partial charge in [0.2, 0.25) is 12.2 Å². The van der Waals surface area contributed by atoms with Crippen LogP contribution in [-0.4, -0.2) is 62.8 Å². The van der Waals surface area contributed by atoms with Gasteiger partial charge in [-0.25, -0.2) is 14.4 Å². The number of methoxy groups -OCH3 is 1. The fourth-order valence-corrected chi connectivity index (χ4v) is 3.64. The third-order valence-electron chi connectivity index (χ3n) is 5.80. The Kier molecular flexibility index (Phi) is 9.58. The zero-order valence-corrected chi connectivity index (χ0v) is 21.6. The van der Waals surface area contributed by atoms with E-state index in [0.717, 1.165) is 13.2 Å². The van der Waals surface area contributed by atoms with Gasteiger partial charge in [-0.05, 0) is 71.7 Å².